The number of carboxylic acids is 2. The van der Waals surface area contributed by atoms with Gasteiger partial charge >= 0.3 is 18.0 Å². The van der Waals surface area contributed by atoms with Crippen LogP contribution in [0.15, 0.2) is 40.9 Å². The zero-order chi connectivity index (χ0) is 28.1. The zero-order valence-corrected chi connectivity index (χ0v) is 21.9. The van der Waals surface area contributed by atoms with Gasteiger partial charge < -0.3 is 30.3 Å². The first kappa shape index (κ1) is 30.4. The number of sulfonamides is 1. The maximum Gasteiger partial charge on any atom is 0.328 e. The molecule has 1 aromatic carbocycles. The van der Waals surface area contributed by atoms with Crippen molar-refractivity contribution in [3.8, 4) is 11.5 Å². The molecule has 0 radical (unpaired) electrons. The fourth-order valence-corrected chi connectivity index (χ4v) is 4.00. The van der Waals surface area contributed by atoms with Crippen molar-refractivity contribution in [1.82, 2.24) is 25.1 Å². The number of carbonyl (C=O) groups is 3. The Bertz CT molecular complexity index is 1210. The van der Waals surface area contributed by atoms with Gasteiger partial charge in [0.05, 0.1) is 17.5 Å². The van der Waals surface area contributed by atoms with Crippen LogP contribution in [0.25, 0.3) is 11.5 Å². The van der Waals surface area contributed by atoms with Gasteiger partial charge in [-0.2, -0.15) is 4.98 Å². The van der Waals surface area contributed by atoms with E-state index in [1.807, 2.05) is 18.2 Å². The summed E-state index contributed by atoms with van der Waals surface area (Å²) >= 11 is 0. The molecule has 38 heavy (non-hydrogen) atoms. The minimum atomic E-state index is -3.14. The standard InChI is InChI=1S/C19H28N6O4S.C4H4O4/c1-14-22-18(29-24-14)16-5-3-4-6-17(16)23-19(26)20-13-15-7-10-25(11-8-15)12-9-21-30(2,27)28;5-3(6)1-2-4(7)8/h3-6,15,21H,7-13H2,1-2H3,(H2,20,23,26);1-2H,(H,5,6)(H,7,8). The number of amides is 2. The fourth-order valence-electron chi connectivity index (χ4n) is 3.53. The van der Waals surface area contributed by atoms with E-state index in [1.165, 1.54) is 0 Å². The van der Waals surface area contributed by atoms with E-state index in [2.05, 4.69) is 30.4 Å². The van der Waals surface area contributed by atoms with Crippen molar-refractivity contribution >= 4 is 33.7 Å². The number of hydrogen-bond acceptors (Lipinski definition) is 9. The number of piperidine rings is 1. The normalized spacial score (nSPS) is 14.5. The summed E-state index contributed by atoms with van der Waals surface area (Å²) in [5.41, 5.74) is 1.27. The number of benzene rings is 1. The van der Waals surface area contributed by atoms with Gasteiger partial charge in [0.15, 0.2) is 5.82 Å². The van der Waals surface area contributed by atoms with E-state index in [1.54, 1.807) is 13.0 Å². The number of urea groups is 1. The Morgan fingerprint density at radius 3 is 2.32 bits per heavy atom. The molecule has 1 aliphatic heterocycles. The first-order valence-corrected chi connectivity index (χ1v) is 13.6. The van der Waals surface area contributed by atoms with Crippen LogP contribution in [0, 0.1) is 12.8 Å². The number of aliphatic carboxylic acids is 2. The summed E-state index contributed by atoms with van der Waals surface area (Å²) < 4.78 is 30.0. The lowest BCUT2D eigenvalue weighted by atomic mass is 9.97. The van der Waals surface area contributed by atoms with Crippen LogP contribution in [0.3, 0.4) is 0 Å². The number of aromatic nitrogens is 2. The summed E-state index contributed by atoms with van der Waals surface area (Å²) in [5, 5.41) is 25.2. The van der Waals surface area contributed by atoms with Crippen LogP contribution in [-0.2, 0) is 19.6 Å². The Balaban J connectivity index is 0.000000550. The number of rotatable bonds is 10. The summed E-state index contributed by atoms with van der Waals surface area (Å²) in [4.78, 5) is 37.9. The highest BCUT2D eigenvalue weighted by Crippen LogP contribution is 2.26. The smallest absolute Gasteiger partial charge is 0.328 e. The van der Waals surface area contributed by atoms with Crippen LogP contribution in [0.4, 0.5) is 10.5 Å². The third-order valence-electron chi connectivity index (χ3n) is 5.35. The van der Waals surface area contributed by atoms with E-state index in [4.69, 9.17) is 14.7 Å². The highest BCUT2D eigenvalue weighted by Gasteiger charge is 2.20. The van der Waals surface area contributed by atoms with Crippen LogP contribution in [0.2, 0.25) is 0 Å². The molecule has 0 saturated carbocycles. The molecule has 3 rings (SSSR count). The highest BCUT2D eigenvalue weighted by molar-refractivity contribution is 7.88. The van der Waals surface area contributed by atoms with Gasteiger partial charge in [0.1, 0.15) is 0 Å². The number of hydrogen-bond donors (Lipinski definition) is 5. The minimum Gasteiger partial charge on any atom is -0.478 e. The molecule has 0 unspecified atom stereocenters. The molecule has 2 heterocycles. The zero-order valence-electron chi connectivity index (χ0n) is 21.1. The van der Waals surface area contributed by atoms with Gasteiger partial charge in [-0.3, -0.25) is 0 Å². The molecule has 0 bridgehead atoms. The Kier molecular flexibility index (Phi) is 11.8. The molecule has 1 aromatic heterocycles. The minimum absolute atomic E-state index is 0.279. The SMILES string of the molecule is Cc1noc(-c2ccccc2NC(=O)NCC2CCN(CCNS(C)(=O)=O)CC2)n1.O=C(O)C=CC(=O)O. The summed E-state index contributed by atoms with van der Waals surface area (Å²) in [5.74, 6) is -1.23. The van der Waals surface area contributed by atoms with Gasteiger partial charge in [-0.15, -0.1) is 0 Å². The van der Waals surface area contributed by atoms with Gasteiger partial charge in [0.2, 0.25) is 10.0 Å². The average molecular weight is 553 g/mol. The Hall–Kier alpha value is -3.82. The molecule has 0 atom stereocenters. The number of anilines is 1. The second-order valence-electron chi connectivity index (χ2n) is 8.49. The third-order valence-corrected chi connectivity index (χ3v) is 6.08. The maximum absolute atomic E-state index is 12.4. The molecule has 1 saturated heterocycles. The monoisotopic (exact) mass is 552 g/mol. The molecular weight excluding hydrogens is 520 g/mol. The molecule has 14 nitrogen and oxygen atoms in total. The second kappa shape index (κ2) is 14.8. The Morgan fingerprint density at radius 2 is 1.76 bits per heavy atom. The quantitative estimate of drug-likeness (QED) is 0.264. The van der Waals surface area contributed by atoms with Crippen molar-refractivity contribution in [1.29, 1.82) is 0 Å². The molecule has 2 amide bonds. The summed E-state index contributed by atoms with van der Waals surface area (Å²) in [6, 6.07) is 7.00. The van der Waals surface area contributed by atoms with Crippen molar-refractivity contribution in [3.63, 3.8) is 0 Å². The van der Waals surface area contributed by atoms with Gasteiger partial charge in [0.25, 0.3) is 5.89 Å². The van der Waals surface area contributed by atoms with Crippen molar-refractivity contribution in [3.05, 3.63) is 42.2 Å². The molecule has 1 fully saturated rings. The van der Waals surface area contributed by atoms with Gasteiger partial charge in [0, 0.05) is 31.8 Å². The third kappa shape index (κ3) is 11.9. The number of nitrogens with one attached hydrogen (secondary N) is 3. The van der Waals surface area contributed by atoms with Crippen LogP contribution >= 0.6 is 0 Å². The Labute approximate surface area is 220 Å². The maximum atomic E-state index is 12.4. The molecule has 5 N–H and O–H groups in total. The first-order chi connectivity index (χ1) is 17.9. The summed E-state index contributed by atoms with van der Waals surface area (Å²) in [6.45, 7) is 5.21. The summed E-state index contributed by atoms with van der Waals surface area (Å²) in [7, 11) is -3.14. The van der Waals surface area contributed by atoms with Crippen LogP contribution in [0.5, 0.6) is 0 Å². The van der Waals surface area contributed by atoms with Gasteiger partial charge in [-0.05, 0) is 50.9 Å². The average Bonchev–Trinajstić information content (AvgIpc) is 3.28. The highest BCUT2D eigenvalue weighted by atomic mass is 32.2. The van der Waals surface area contributed by atoms with Crippen LogP contribution < -0.4 is 15.4 Å². The molecule has 15 heteroatoms. The van der Waals surface area contributed by atoms with Crippen molar-refractivity contribution < 1.29 is 37.5 Å². The van der Waals surface area contributed by atoms with Crippen LogP contribution in [0.1, 0.15) is 18.7 Å². The second-order valence-corrected chi connectivity index (χ2v) is 10.3. The lowest BCUT2D eigenvalue weighted by molar-refractivity contribution is -0.134. The topological polar surface area (TPSA) is 204 Å². The molecule has 2 aromatic rings. The van der Waals surface area contributed by atoms with E-state index >= 15 is 0 Å². The summed E-state index contributed by atoms with van der Waals surface area (Å²) in [6.07, 6.45) is 4.19. The number of para-hydroxylation sites is 1. The molecule has 0 spiro atoms. The number of aryl methyl sites for hydroxylation is 1. The molecular formula is C23H32N6O8S. The Morgan fingerprint density at radius 1 is 1.13 bits per heavy atom. The predicted octanol–water partition coefficient (Wildman–Crippen LogP) is 1.14. The van der Waals surface area contributed by atoms with Gasteiger partial charge in [-0.1, -0.05) is 17.3 Å². The van der Waals surface area contributed by atoms with Crippen molar-refractivity contribution in [2.75, 3.05) is 44.3 Å². The van der Waals surface area contributed by atoms with Crippen molar-refractivity contribution in [2.45, 2.75) is 19.8 Å². The number of likely N-dealkylation sites (tertiary alicyclic amines) is 1. The molecule has 1 aliphatic rings. The van der Waals surface area contributed by atoms with E-state index in [9.17, 15) is 22.8 Å². The van der Waals surface area contributed by atoms with Crippen LogP contribution in [-0.4, -0.2) is 90.6 Å². The first-order valence-electron chi connectivity index (χ1n) is 11.7. The van der Waals surface area contributed by atoms with Gasteiger partial charge in [-0.25, -0.2) is 27.5 Å². The number of carbonyl (C=O) groups excluding carboxylic acids is 1. The number of carboxylic acid groups (broad SMARTS) is 2. The van der Waals surface area contributed by atoms with E-state index in [0.717, 1.165) is 32.2 Å². The molecule has 0 aliphatic carbocycles. The number of nitrogens with zero attached hydrogens (tertiary/aromatic N) is 3. The lowest BCUT2D eigenvalue weighted by Crippen LogP contribution is -2.42. The van der Waals surface area contributed by atoms with E-state index in [-0.39, 0.29) is 6.03 Å². The van der Waals surface area contributed by atoms with E-state index in [0.29, 0.717) is 60.7 Å². The largest absolute Gasteiger partial charge is 0.478 e. The van der Waals surface area contributed by atoms with E-state index < -0.39 is 22.0 Å². The predicted molar refractivity (Wildman–Crippen MR) is 138 cm³/mol. The van der Waals surface area contributed by atoms with Crippen molar-refractivity contribution in [2.24, 2.45) is 5.92 Å². The fraction of sp³-hybridized carbons (Fsp3) is 0.435. The lowest BCUT2D eigenvalue weighted by Gasteiger charge is -2.31. The molecule has 208 valence electrons.